The van der Waals surface area contributed by atoms with E-state index in [-0.39, 0.29) is 0 Å². The number of hydrogen-bond donors (Lipinski definition) is 1. The molecule has 32 heavy (non-hydrogen) atoms. The number of carboxylic acids is 1. The maximum Gasteiger partial charge on any atom is 0.336 e. The first kappa shape index (κ1) is 26.0. The van der Waals surface area contributed by atoms with Crippen LogP contribution in [0.2, 0.25) is 0 Å². The van der Waals surface area contributed by atoms with Crippen LogP contribution in [-0.2, 0) is 6.42 Å². The van der Waals surface area contributed by atoms with E-state index in [9.17, 15) is 9.90 Å². The topological polar surface area (TPSA) is 46.5 Å². The third-order valence-electron chi connectivity index (χ3n) is 6.07. The number of aryl methyl sites for hydroxylation is 1. The van der Waals surface area contributed by atoms with Crippen LogP contribution < -0.4 is 4.74 Å². The quantitative estimate of drug-likeness (QED) is 0.251. The predicted octanol–water partition coefficient (Wildman–Crippen LogP) is 8.69. The van der Waals surface area contributed by atoms with Gasteiger partial charge in [0.25, 0.3) is 0 Å². The van der Waals surface area contributed by atoms with E-state index in [2.05, 4.69) is 26.0 Å². The number of carbonyl (C=O) groups is 1. The van der Waals surface area contributed by atoms with Crippen molar-refractivity contribution in [2.75, 3.05) is 6.61 Å². The molecule has 1 N–H and O–H groups in total. The smallest absolute Gasteiger partial charge is 0.336 e. The maximum atomic E-state index is 11.8. The molecule has 0 saturated heterocycles. The van der Waals surface area contributed by atoms with E-state index in [4.69, 9.17) is 4.74 Å². The fourth-order valence-electron chi connectivity index (χ4n) is 4.07. The van der Waals surface area contributed by atoms with Gasteiger partial charge in [-0.3, -0.25) is 0 Å². The van der Waals surface area contributed by atoms with Crippen molar-refractivity contribution < 1.29 is 14.6 Å². The van der Waals surface area contributed by atoms with Gasteiger partial charge in [-0.15, -0.1) is 0 Å². The van der Waals surface area contributed by atoms with Gasteiger partial charge in [0.2, 0.25) is 0 Å². The second-order valence-corrected chi connectivity index (χ2v) is 8.84. The minimum atomic E-state index is -0.904. The molecule has 0 aliphatic rings. The van der Waals surface area contributed by atoms with Crippen molar-refractivity contribution >= 4 is 5.97 Å². The Morgan fingerprint density at radius 2 is 1.34 bits per heavy atom. The van der Waals surface area contributed by atoms with Gasteiger partial charge >= 0.3 is 5.97 Å². The summed E-state index contributed by atoms with van der Waals surface area (Å²) in [5.41, 5.74) is 3.29. The molecule has 0 spiro atoms. The van der Waals surface area contributed by atoms with Crippen molar-refractivity contribution in [1.29, 1.82) is 0 Å². The molecule has 0 radical (unpaired) electrons. The molecule has 0 saturated carbocycles. The van der Waals surface area contributed by atoms with Crippen LogP contribution in [0.15, 0.2) is 42.5 Å². The van der Waals surface area contributed by atoms with Gasteiger partial charge in [-0.2, -0.15) is 0 Å². The molecule has 3 heteroatoms. The summed E-state index contributed by atoms with van der Waals surface area (Å²) in [7, 11) is 0. The average Bonchev–Trinajstić information content (AvgIpc) is 2.81. The molecular formula is C29H42O3. The standard InChI is InChI=1S/C29H42O3/c1-3-5-7-9-11-13-15-24-16-18-25(19-17-24)28-23-26(20-21-27(28)29(30)31)32-22-14-12-10-8-6-4-2/h16-21,23H,3-15,22H2,1-2H3,(H,30,31). The monoisotopic (exact) mass is 438 g/mol. The zero-order valence-electron chi connectivity index (χ0n) is 20.2. The zero-order chi connectivity index (χ0) is 23.0. The highest BCUT2D eigenvalue weighted by Gasteiger charge is 2.13. The molecule has 0 unspecified atom stereocenters. The van der Waals surface area contributed by atoms with Gasteiger partial charge in [-0.25, -0.2) is 4.79 Å². The Hall–Kier alpha value is -2.29. The van der Waals surface area contributed by atoms with Gasteiger partial charge < -0.3 is 9.84 Å². The predicted molar refractivity (Wildman–Crippen MR) is 135 cm³/mol. The lowest BCUT2D eigenvalue weighted by Crippen LogP contribution is -2.02. The molecule has 2 rings (SSSR count). The number of rotatable bonds is 17. The molecule has 0 amide bonds. The molecule has 2 aromatic carbocycles. The van der Waals surface area contributed by atoms with E-state index in [1.54, 1.807) is 12.1 Å². The van der Waals surface area contributed by atoms with Crippen molar-refractivity contribution in [2.24, 2.45) is 0 Å². The van der Waals surface area contributed by atoms with E-state index in [0.717, 1.165) is 29.7 Å². The summed E-state index contributed by atoms with van der Waals surface area (Å²) >= 11 is 0. The summed E-state index contributed by atoms with van der Waals surface area (Å²) in [4.78, 5) is 11.8. The fraction of sp³-hybridized carbons (Fsp3) is 0.552. The van der Waals surface area contributed by atoms with Crippen LogP contribution in [0.3, 0.4) is 0 Å². The molecular weight excluding hydrogens is 396 g/mol. The number of unbranched alkanes of at least 4 members (excludes halogenated alkanes) is 10. The van der Waals surface area contributed by atoms with Gasteiger partial charge in [-0.05, 0) is 54.2 Å². The van der Waals surface area contributed by atoms with Crippen LogP contribution in [0.25, 0.3) is 11.1 Å². The van der Waals surface area contributed by atoms with E-state index in [1.165, 1.54) is 76.2 Å². The number of aromatic carboxylic acids is 1. The first-order chi connectivity index (χ1) is 15.7. The maximum absolute atomic E-state index is 11.8. The van der Waals surface area contributed by atoms with Crippen LogP contribution in [0, 0.1) is 0 Å². The summed E-state index contributed by atoms with van der Waals surface area (Å²) in [6.45, 7) is 5.15. The SMILES string of the molecule is CCCCCCCCOc1ccc(C(=O)O)c(-c2ccc(CCCCCCCC)cc2)c1. The molecule has 176 valence electrons. The summed E-state index contributed by atoms with van der Waals surface area (Å²) in [6.07, 6.45) is 16.2. The molecule has 0 aromatic heterocycles. The highest BCUT2D eigenvalue weighted by atomic mass is 16.5. The van der Waals surface area contributed by atoms with Gasteiger partial charge in [0.15, 0.2) is 0 Å². The Bertz CT molecular complexity index is 779. The third kappa shape index (κ3) is 9.46. The lowest BCUT2D eigenvalue weighted by Gasteiger charge is -2.12. The van der Waals surface area contributed by atoms with Crippen molar-refractivity contribution in [2.45, 2.75) is 97.3 Å². The molecule has 0 fully saturated rings. The fourth-order valence-corrected chi connectivity index (χ4v) is 4.07. The van der Waals surface area contributed by atoms with Crippen LogP contribution >= 0.6 is 0 Å². The lowest BCUT2D eigenvalue weighted by atomic mass is 9.97. The second kappa shape index (κ2) is 15.5. The van der Waals surface area contributed by atoms with Crippen molar-refractivity contribution in [3.05, 3.63) is 53.6 Å². The molecule has 0 bridgehead atoms. The normalized spacial score (nSPS) is 10.9. The van der Waals surface area contributed by atoms with Crippen LogP contribution in [0.1, 0.15) is 107 Å². The molecule has 0 aliphatic heterocycles. The van der Waals surface area contributed by atoms with Crippen LogP contribution in [-0.4, -0.2) is 17.7 Å². The van der Waals surface area contributed by atoms with Gasteiger partial charge in [0.05, 0.1) is 12.2 Å². The van der Waals surface area contributed by atoms with Crippen molar-refractivity contribution in [3.8, 4) is 16.9 Å². The Morgan fingerprint density at radius 1 is 0.750 bits per heavy atom. The van der Waals surface area contributed by atoms with Crippen LogP contribution in [0.4, 0.5) is 0 Å². The molecule has 0 atom stereocenters. The molecule has 3 nitrogen and oxygen atoms in total. The largest absolute Gasteiger partial charge is 0.494 e. The molecule has 0 aliphatic carbocycles. The van der Waals surface area contributed by atoms with E-state index in [1.807, 2.05) is 18.2 Å². The zero-order valence-corrected chi connectivity index (χ0v) is 20.2. The van der Waals surface area contributed by atoms with Gasteiger partial charge in [0, 0.05) is 0 Å². The lowest BCUT2D eigenvalue weighted by molar-refractivity contribution is 0.0697. The van der Waals surface area contributed by atoms with Gasteiger partial charge in [-0.1, -0.05) is 102 Å². The molecule has 0 heterocycles. The number of carboxylic acid groups (broad SMARTS) is 1. The van der Waals surface area contributed by atoms with Crippen molar-refractivity contribution in [3.63, 3.8) is 0 Å². The number of benzene rings is 2. The van der Waals surface area contributed by atoms with Crippen molar-refractivity contribution in [1.82, 2.24) is 0 Å². The summed E-state index contributed by atoms with van der Waals surface area (Å²) in [5.74, 6) is -0.159. The highest BCUT2D eigenvalue weighted by molar-refractivity contribution is 5.96. The average molecular weight is 439 g/mol. The minimum Gasteiger partial charge on any atom is -0.494 e. The highest BCUT2D eigenvalue weighted by Crippen LogP contribution is 2.29. The minimum absolute atomic E-state index is 0.320. The Balaban J connectivity index is 1.93. The molecule has 2 aromatic rings. The number of ether oxygens (including phenoxy) is 1. The summed E-state index contributed by atoms with van der Waals surface area (Å²) < 4.78 is 5.93. The Kier molecular flexibility index (Phi) is 12.6. The second-order valence-electron chi connectivity index (χ2n) is 8.84. The van der Waals surface area contributed by atoms with E-state index < -0.39 is 5.97 Å². The van der Waals surface area contributed by atoms with Gasteiger partial charge in [0.1, 0.15) is 5.75 Å². The first-order valence-electron chi connectivity index (χ1n) is 12.7. The number of hydrogen-bond acceptors (Lipinski definition) is 2. The third-order valence-corrected chi connectivity index (χ3v) is 6.07. The van der Waals surface area contributed by atoms with Crippen LogP contribution in [0.5, 0.6) is 5.75 Å². The summed E-state index contributed by atoms with van der Waals surface area (Å²) in [5, 5.41) is 9.65. The van der Waals surface area contributed by atoms with E-state index in [0.29, 0.717) is 12.2 Å². The van der Waals surface area contributed by atoms with E-state index >= 15 is 0 Å². The summed E-state index contributed by atoms with van der Waals surface area (Å²) in [6, 6.07) is 13.7. The first-order valence-corrected chi connectivity index (χ1v) is 12.7. The Labute approximate surface area is 195 Å². The Morgan fingerprint density at radius 3 is 1.97 bits per heavy atom.